The lowest BCUT2D eigenvalue weighted by Gasteiger charge is -2.10. The predicted molar refractivity (Wildman–Crippen MR) is 122 cm³/mol. The summed E-state index contributed by atoms with van der Waals surface area (Å²) >= 11 is 1.96. The zero-order chi connectivity index (χ0) is 20.0. The van der Waals surface area contributed by atoms with Crippen LogP contribution in [-0.2, 0) is 4.79 Å². The number of aliphatic hydroxyl groups is 1. The number of unbranched alkanes of at least 4 members (excludes halogenated alkanes) is 13. The van der Waals surface area contributed by atoms with E-state index < -0.39 is 0 Å². The van der Waals surface area contributed by atoms with Gasteiger partial charge in [-0.2, -0.15) is 11.8 Å². The quantitative estimate of drug-likeness (QED) is 0.216. The molecule has 0 aromatic heterocycles. The van der Waals surface area contributed by atoms with E-state index in [0.717, 1.165) is 12.2 Å². The van der Waals surface area contributed by atoms with Gasteiger partial charge in [0.25, 0.3) is 0 Å². The Hall–Kier alpha value is -0.220. The Morgan fingerprint density at radius 3 is 1.74 bits per heavy atom. The molecule has 1 atom stereocenters. The molecule has 4 heteroatoms. The minimum Gasteiger partial charge on any atom is -0.393 e. The lowest BCUT2D eigenvalue weighted by Crippen LogP contribution is -2.24. The number of aliphatic hydroxyl groups excluding tert-OH is 1. The Morgan fingerprint density at radius 1 is 0.778 bits per heavy atom. The minimum atomic E-state index is -0.277. The van der Waals surface area contributed by atoms with Crippen LogP contribution in [0.4, 0.5) is 0 Å². The van der Waals surface area contributed by atoms with Crippen LogP contribution in [0.3, 0.4) is 0 Å². The summed E-state index contributed by atoms with van der Waals surface area (Å²) in [4.78, 5) is 10.8. The van der Waals surface area contributed by atoms with E-state index in [4.69, 9.17) is 0 Å². The van der Waals surface area contributed by atoms with Crippen molar-refractivity contribution in [2.45, 2.75) is 123 Å². The zero-order valence-corrected chi connectivity index (χ0v) is 19.1. The van der Waals surface area contributed by atoms with E-state index in [0.29, 0.717) is 13.0 Å². The molecule has 0 spiro atoms. The largest absolute Gasteiger partial charge is 0.393 e. The summed E-state index contributed by atoms with van der Waals surface area (Å²) in [5, 5.41) is 12.6. The van der Waals surface area contributed by atoms with Gasteiger partial charge in [-0.05, 0) is 30.8 Å². The third-order valence-electron chi connectivity index (χ3n) is 5.09. The second-order valence-corrected chi connectivity index (χ2v) is 9.15. The Morgan fingerprint density at radius 2 is 1.26 bits per heavy atom. The first-order valence-electron chi connectivity index (χ1n) is 11.7. The van der Waals surface area contributed by atoms with Gasteiger partial charge >= 0.3 is 0 Å². The Labute approximate surface area is 173 Å². The SMILES string of the molecule is CCCCCCCCCCCCCCCCSCCC(O)CCNC(C)=O. The molecular formula is C23H47NO2S. The Bertz CT molecular complexity index is 313. The van der Waals surface area contributed by atoms with E-state index >= 15 is 0 Å². The molecule has 0 saturated carbocycles. The fourth-order valence-electron chi connectivity index (χ4n) is 3.28. The van der Waals surface area contributed by atoms with Crippen LogP contribution < -0.4 is 5.32 Å². The van der Waals surface area contributed by atoms with E-state index in [1.165, 1.54) is 103 Å². The van der Waals surface area contributed by atoms with Crippen LogP contribution in [0.2, 0.25) is 0 Å². The first kappa shape index (κ1) is 26.8. The van der Waals surface area contributed by atoms with Crippen molar-refractivity contribution in [3.8, 4) is 0 Å². The van der Waals surface area contributed by atoms with Crippen molar-refractivity contribution >= 4 is 17.7 Å². The van der Waals surface area contributed by atoms with Crippen molar-refractivity contribution in [2.24, 2.45) is 0 Å². The molecule has 0 fully saturated rings. The molecule has 2 N–H and O–H groups in total. The van der Waals surface area contributed by atoms with Crippen molar-refractivity contribution in [1.29, 1.82) is 0 Å². The Balaban J connectivity index is 3.09. The van der Waals surface area contributed by atoms with E-state index in [2.05, 4.69) is 12.2 Å². The molecule has 0 saturated heterocycles. The highest BCUT2D eigenvalue weighted by Gasteiger charge is 2.04. The normalized spacial score (nSPS) is 12.3. The molecule has 162 valence electrons. The third kappa shape index (κ3) is 23.7. The van der Waals surface area contributed by atoms with Crippen molar-refractivity contribution in [3.05, 3.63) is 0 Å². The van der Waals surface area contributed by atoms with Gasteiger partial charge in [0.15, 0.2) is 0 Å². The average molecular weight is 402 g/mol. The summed E-state index contributed by atoms with van der Waals surface area (Å²) in [6.45, 7) is 4.38. The van der Waals surface area contributed by atoms with Gasteiger partial charge in [-0.1, -0.05) is 90.4 Å². The second-order valence-electron chi connectivity index (χ2n) is 7.92. The summed E-state index contributed by atoms with van der Waals surface area (Å²) in [6.07, 6.45) is 21.0. The maximum atomic E-state index is 10.8. The average Bonchev–Trinajstić information content (AvgIpc) is 2.64. The van der Waals surface area contributed by atoms with Gasteiger partial charge < -0.3 is 10.4 Å². The fraction of sp³-hybridized carbons (Fsp3) is 0.957. The highest BCUT2D eigenvalue weighted by molar-refractivity contribution is 7.99. The van der Waals surface area contributed by atoms with Crippen LogP contribution in [-0.4, -0.2) is 35.2 Å². The highest BCUT2D eigenvalue weighted by Crippen LogP contribution is 2.14. The van der Waals surface area contributed by atoms with Crippen LogP contribution in [0, 0.1) is 0 Å². The van der Waals surface area contributed by atoms with Crippen molar-refractivity contribution in [2.75, 3.05) is 18.1 Å². The van der Waals surface area contributed by atoms with Crippen molar-refractivity contribution in [3.63, 3.8) is 0 Å². The number of carbonyl (C=O) groups excluding carboxylic acids is 1. The van der Waals surface area contributed by atoms with E-state index in [1.807, 2.05) is 11.8 Å². The monoisotopic (exact) mass is 401 g/mol. The van der Waals surface area contributed by atoms with Crippen molar-refractivity contribution in [1.82, 2.24) is 5.32 Å². The summed E-state index contributed by atoms with van der Waals surface area (Å²) in [6, 6.07) is 0. The van der Waals surface area contributed by atoms with Crippen LogP contribution in [0.5, 0.6) is 0 Å². The van der Waals surface area contributed by atoms with Gasteiger partial charge in [-0.3, -0.25) is 4.79 Å². The molecule has 0 aliphatic heterocycles. The molecule has 1 unspecified atom stereocenters. The molecule has 27 heavy (non-hydrogen) atoms. The van der Waals surface area contributed by atoms with Gasteiger partial charge in [-0.15, -0.1) is 0 Å². The maximum absolute atomic E-state index is 10.8. The van der Waals surface area contributed by atoms with Crippen LogP contribution in [0.15, 0.2) is 0 Å². The molecule has 0 rings (SSSR count). The summed E-state index contributed by atoms with van der Waals surface area (Å²) in [7, 11) is 0. The number of hydrogen-bond acceptors (Lipinski definition) is 3. The molecule has 0 aromatic carbocycles. The lowest BCUT2D eigenvalue weighted by atomic mass is 10.0. The first-order valence-corrected chi connectivity index (χ1v) is 12.8. The van der Waals surface area contributed by atoms with E-state index in [1.54, 1.807) is 0 Å². The molecule has 0 heterocycles. The highest BCUT2D eigenvalue weighted by atomic mass is 32.2. The standard InChI is InChI=1S/C23H47NO2S/c1-3-4-5-6-7-8-9-10-11-12-13-14-15-16-20-27-21-18-23(26)17-19-24-22(2)25/h23,26H,3-21H2,1-2H3,(H,24,25). The number of amides is 1. The fourth-order valence-corrected chi connectivity index (χ4v) is 4.33. The number of thioether (sulfide) groups is 1. The zero-order valence-electron chi connectivity index (χ0n) is 18.3. The first-order chi connectivity index (χ1) is 13.2. The Kier molecular flexibility index (Phi) is 21.9. The molecule has 0 aliphatic rings. The summed E-state index contributed by atoms with van der Waals surface area (Å²) in [5.41, 5.74) is 0. The number of carbonyl (C=O) groups is 1. The molecule has 0 bridgehead atoms. The lowest BCUT2D eigenvalue weighted by molar-refractivity contribution is -0.119. The van der Waals surface area contributed by atoms with Crippen LogP contribution >= 0.6 is 11.8 Å². The predicted octanol–water partition coefficient (Wildman–Crippen LogP) is 6.48. The van der Waals surface area contributed by atoms with Gasteiger partial charge in [0.1, 0.15) is 0 Å². The molecule has 1 amide bonds. The van der Waals surface area contributed by atoms with Gasteiger partial charge in [0, 0.05) is 13.5 Å². The molecular weight excluding hydrogens is 354 g/mol. The molecule has 0 aliphatic carbocycles. The number of hydrogen-bond donors (Lipinski definition) is 2. The number of rotatable bonds is 21. The van der Waals surface area contributed by atoms with Gasteiger partial charge in [0.05, 0.1) is 6.10 Å². The van der Waals surface area contributed by atoms with Crippen LogP contribution in [0.1, 0.15) is 117 Å². The maximum Gasteiger partial charge on any atom is 0.216 e. The van der Waals surface area contributed by atoms with Gasteiger partial charge in [-0.25, -0.2) is 0 Å². The van der Waals surface area contributed by atoms with E-state index in [9.17, 15) is 9.90 Å². The number of nitrogens with one attached hydrogen (secondary N) is 1. The van der Waals surface area contributed by atoms with Crippen LogP contribution in [0.25, 0.3) is 0 Å². The third-order valence-corrected chi connectivity index (χ3v) is 6.19. The topological polar surface area (TPSA) is 49.3 Å². The molecule has 0 radical (unpaired) electrons. The van der Waals surface area contributed by atoms with Gasteiger partial charge in [0.2, 0.25) is 5.91 Å². The van der Waals surface area contributed by atoms with E-state index in [-0.39, 0.29) is 12.0 Å². The summed E-state index contributed by atoms with van der Waals surface area (Å²) < 4.78 is 0. The minimum absolute atomic E-state index is 0.0191. The van der Waals surface area contributed by atoms with Crippen molar-refractivity contribution < 1.29 is 9.90 Å². The summed E-state index contributed by atoms with van der Waals surface area (Å²) in [5.74, 6) is 2.23. The second kappa shape index (κ2) is 22.1. The molecule has 0 aromatic rings. The molecule has 3 nitrogen and oxygen atoms in total. The smallest absolute Gasteiger partial charge is 0.216 e.